The predicted molar refractivity (Wildman–Crippen MR) is 146 cm³/mol. The lowest BCUT2D eigenvalue weighted by molar-refractivity contribution is -0.0436. The molecule has 1 aliphatic rings. The van der Waals surface area contributed by atoms with Gasteiger partial charge in [0.05, 0.1) is 10.6 Å². The van der Waals surface area contributed by atoms with Crippen molar-refractivity contribution in [3.63, 3.8) is 0 Å². The molecule has 15 heteroatoms. The summed E-state index contributed by atoms with van der Waals surface area (Å²) in [7, 11) is -10.4. The first kappa shape index (κ1) is 32.0. The van der Waals surface area contributed by atoms with Crippen LogP contribution in [0.4, 0.5) is 23.7 Å². The molecule has 0 spiro atoms. The summed E-state index contributed by atoms with van der Waals surface area (Å²) in [6.45, 7) is 5.66. The lowest BCUT2D eigenvalue weighted by Gasteiger charge is -2.31. The molecule has 0 saturated carbocycles. The van der Waals surface area contributed by atoms with Gasteiger partial charge in [0.1, 0.15) is 10.5 Å². The highest BCUT2D eigenvalue weighted by Crippen LogP contribution is 2.37. The normalized spacial score (nSPS) is 17.5. The number of carbonyl (C=O) groups excluding carboxylic acids is 1. The number of rotatable bonds is 9. The maximum atomic E-state index is 13.6. The molecule has 1 heterocycles. The van der Waals surface area contributed by atoms with Crippen LogP contribution >= 0.6 is 11.8 Å². The Hall–Kier alpha value is -2.49. The van der Waals surface area contributed by atoms with E-state index in [0.717, 1.165) is 17.0 Å². The van der Waals surface area contributed by atoms with E-state index < -0.39 is 58.6 Å². The van der Waals surface area contributed by atoms with Crippen molar-refractivity contribution >= 4 is 43.4 Å². The molecule has 0 aliphatic carbocycles. The first-order valence-corrected chi connectivity index (χ1v) is 16.3. The number of nitrogens with two attached hydrogens (primary N) is 1. The Labute approximate surface area is 236 Å². The summed E-state index contributed by atoms with van der Waals surface area (Å²) in [5, 5.41) is 7.96. The molecule has 2 aromatic carbocycles. The van der Waals surface area contributed by atoms with Crippen LogP contribution in [0, 0.1) is 0 Å². The van der Waals surface area contributed by atoms with Crippen molar-refractivity contribution in [1.29, 1.82) is 0 Å². The zero-order valence-electron chi connectivity index (χ0n) is 22.1. The number of hydrogen-bond donors (Lipinski definition) is 2. The van der Waals surface area contributed by atoms with Gasteiger partial charge in [-0.3, -0.25) is 0 Å². The molecule has 3 rings (SSSR count). The number of benzene rings is 2. The lowest BCUT2D eigenvalue weighted by atomic mass is 10.1. The maximum absolute atomic E-state index is 13.6. The van der Waals surface area contributed by atoms with Crippen molar-refractivity contribution in [2.24, 2.45) is 5.14 Å². The predicted octanol–water partition coefficient (Wildman–Crippen LogP) is 4.99. The second-order valence-corrected chi connectivity index (χ2v) is 14.9. The number of thioether (sulfide) groups is 1. The highest BCUT2D eigenvalue weighted by Gasteiger charge is 2.48. The highest BCUT2D eigenvalue weighted by atomic mass is 32.2. The van der Waals surface area contributed by atoms with Crippen LogP contribution in [-0.2, 0) is 24.6 Å². The first-order valence-electron chi connectivity index (χ1n) is 12.3. The molecule has 2 aromatic rings. The van der Waals surface area contributed by atoms with Gasteiger partial charge in [0.15, 0.2) is 0 Å². The first-order chi connectivity index (χ1) is 18.4. The summed E-state index contributed by atoms with van der Waals surface area (Å²) in [4.78, 5) is 13.2. The Morgan fingerprint density at radius 3 is 2.35 bits per heavy atom. The largest absolute Gasteiger partial charge is 0.501 e. The molecule has 40 heavy (non-hydrogen) atoms. The van der Waals surface area contributed by atoms with E-state index in [1.54, 1.807) is 25.7 Å². The molecule has 2 atom stereocenters. The van der Waals surface area contributed by atoms with E-state index in [1.165, 1.54) is 11.8 Å². The molecule has 1 fully saturated rings. The third-order valence-electron chi connectivity index (χ3n) is 5.99. The molecule has 0 bridgehead atoms. The third kappa shape index (κ3) is 8.27. The number of likely N-dealkylation sites (tertiary alicyclic amines) is 1. The molecular weight excluding hydrogens is 591 g/mol. The quantitative estimate of drug-likeness (QED) is 0.373. The van der Waals surface area contributed by atoms with Gasteiger partial charge in [-0.25, -0.2) is 26.8 Å². The number of carbonyl (C=O) groups is 1. The van der Waals surface area contributed by atoms with Gasteiger partial charge in [-0.1, -0.05) is 18.2 Å². The zero-order chi connectivity index (χ0) is 29.9. The van der Waals surface area contributed by atoms with E-state index in [2.05, 4.69) is 5.32 Å². The van der Waals surface area contributed by atoms with Crippen LogP contribution in [0.5, 0.6) is 0 Å². The summed E-state index contributed by atoms with van der Waals surface area (Å²) in [6.07, 6.45) is 1.06. The van der Waals surface area contributed by atoms with E-state index in [9.17, 15) is 34.8 Å². The molecule has 9 nitrogen and oxygen atoms in total. The number of ether oxygens (including phenoxy) is 1. The number of amides is 1. The van der Waals surface area contributed by atoms with Crippen LogP contribution < -0.4 is 10.5 Å². The average molecular weight is 624 g/mol. The van der Waals surface area contributed by atoms with Gasteiger partial charge < -0.3 is 15.0 Å². The van der Waals surface area contributed by atoms with Gasteiger partial charge in [-0.15, -0.1) is 11.8 Å². The fourth-order valence-electron chi connectivity index (χ4n) is 4.22. The minimum atomic E-state index is -5.95. The molecule has 1 aliphatic heterocycles. The van der Waals surface area contributed by atoms with Crippen LogP contribution in [0.25, 0.3) is 0 Å². The van der Waals surface area contributed by atoms with E-state index in [4.69, 9.17) is 9.88 Å². The van der Waals surface area contributed by atoms with Crippen LogP contribution in [0.1, 0.15) is 40.0 Å². The lowest BCUT2D eigenvalue weighted by Crippen LogP contribution is -2.42. The number of anilines is 1. The fraction of sp³-hybridized carbons (Fsp3) is 0.480. The number of primary sulfonamides is 1. The molecule has 0 unspecified atom stereocenters. The van der Waals surface area contributed by atoms with Crippen molar-refractivity contribution in [3.8, 4) is 0 Å². The number of halogens is 3. The number of sulfonamides is 1. The minimum absolute atomic E-state index is 0.265. The van der Waals surface area contributed by atoms with Crippen LogP contribution in [0.3, 0.4) is 0 Å². The molecular formula is C25H32F3N3O6S3. The van der Waals surface area contributed by atoms with Gasteiger partial charge in [-0.2, -0.15) is 13.2 Å². The van der Waals surface area contributed by atoms with Crippen LogP contribution in [-0.4, -0.2) is 63.3 Å². The molecule has 1 saturated heterocycles. The number of nitrogens with zero attached hydrogens (tertiary/aromatic N) is 1. The van der Waals surface area contributed by atoms with Crippen molar-refractivity contribution in [3.05, 3.63) is 48.5 Å². The second kappa shape index (κ2) is 12.2. The van der Waals surface area contributed by atoms with Crippen LogP contribution in [0.2, 0.25) is 0 Å². The molecule has 0 aromatic heterocycles. The topological polar surface area (TPSA) is 136 Å². The monoisotopic (exact) mass is 623 g/mol. The zero-order valence-corrected chi connectivity index (χ0v) is 24.6. The van der Waals surface area contributed by atoms with Gasteiger partial charge in [0, 0.05) is 29.3 Å². The number of sulfone groups is 1. The second-order valence-electron chi connectivity index (χ2n) is 10.3. The number of hydrogen-bond acceptors (Lipinski definition) is 8. The summed E-state index contributed by atoms with van der Waals surface area (Å²) in [5.41, 5.74) is -6.84. The molecule has 1 amide bonds. The van der Waals surface area contributed by atoms with Crippen molar-refractivity contribution < 1.29 is 39.5 Å². The van der Waals surface area contributed by atoms with E-state index >= 15 is 0 Å². The third-order valence-corrected chi connectivity index (χ3v) is 9.60. The Bertz CT molecular complexity index is 1410. The SMILES string of the molecule is CC(C)(C)OC(=O)N1CCC[C@@H]1C[C@H](CSc1ccccc1)Nc1ccc(S(N)(=O)=O)cc1S(=O)(=O)C(F)(F)F. The Kier molecular flexibility index (Phi) is 9.74. The standard InChI is InChI=1S/C25H32F3N3O6S3/c1-24(2,3)37-23(32)31-13-7-8-18(31)14-17(16-38-19-9-5-4-6-10-19)30-21-12-11-20(40(29,35)36)15-22(21)39(33,34)25(26,27)28/h4-6,9-12,15,17-18,30H,7-8,13-14,16H2,1-3H3,(H2,29,35,36)/t17-,18-/m1/s1. The Balaban J connectivity index is 1.98. The van der Waals surface area contributed by atoms with Crippen LogP contribution in [0.15, 0.2) is 63.2 Å². The van der Waals surface area contributed by atoms with Crippen molar-refractivity contribution in [2.75, 3.05) is 17.6 Å². The number of nitrogens with one attached hydrogen (secondary N) is 1. The van der Waals surface area contributed by atoms with Gasteiger partial charge in [0.2, 0.25) is 10.0 Å². The highest BCUT2D eigenvalue weighted by molar-refractivity contribution is 7.99. The maximum Gasteiger partial charge on any atom is 0.501 e. The smallest absolute Gasteiger partial charge is 0.444 e. The Morgan fingerprint density at radius 1 is 1.12 bits per heavy atom. The van der Waals surface area contributed by atoms with Gasteiger partial charge in [0.25, 0.3) is 9.84 Å². The van der Waals surface area contributed by atoms with E-state index in [1.807, 2.05) is 30.3 Å². The van der Waals surface area contributed by atoms with Crippen molar-refractivity contribution in [2.45, 2.75) is 77.9 Å². The fourth-order valence-corrected chi connectivity index (χ4v) is 6.74. The van der Waals surface area contributed by atoms with Crippen molar-refractivity contribution in [1.82, 2.24) is 4.90 Å². The minimum Gasteiger partial charge on any atom is -0.444 e. The van der Waals surface area contributed by atoms with E-state index in [0.29, 0.717) is 31.2 Å². The average Bonchev–Trinajstić information content (AvgIpc) is 3.29. The summed E-state index contributed by atoms with van der Waals surface area (Å²) in [6, 6.07) is 10.5. The molecule has 222 valence electrons. The molecule has 0 radical (unpaired) electrons. The summed E-state index contributed by atoms with van der Waals surface area (Å²) < 4.78 is 94.8. The molecule has 3 N–H and O–H groups in total. The van der Waals surface area contributed by atoms with E-state index in [-0.39, 0.29) is 12.5 Å². The summed E-state index contributed by atoms with van der Waals surface area (Å²) in [5.74, 6) is 0.297. The van der Waals surface area contributed by atoms with Gasteiger partial charge in [-0.05, 0) is 70.4 Å². The Morgan fingerprint density at radius 2 is 1.77 bits per heavy atom. The number of alkyl halides is 3. The summed E-state index contributed by atoms with van der Waals surface area (Å²) >= 11 is 1.39. The van der Waals surface area contributed by atoms with Gasteiger partial charge >= 0.3 is 11.6 Å².